The zero-order valence-corrected chi connectivity index (χ0v) is 7.83. The number of aromatic hydroxyl groups is 1. The highest BCUT2D eigenvalue weighted by molar-refractivity contribution is 5.94. The van der Waals surface area contributed by atoms with E-state index >= 15 is 0 Å². The van der Waals surface area contributed by atoms with E-state index < -0.39 is 5.97 Å². The molecule has 1 aliphatic heterocycles. The third-order valence-electron chi connectivity index (χ3n) is 2.34. The van der Waals surface area contributed by atoms with E-state index in [4.69, 9.17) is 0 Å². The number of esters is 1. The van der Waals surface area contributed by atoms with Crippen molar-refractivity contribution >= 4 is 11.7 Å². The van der Waals surface area contributed by atoms with Crippen LogP contribution in [0.1, 0.15) is 15.9 Å². The van der Waals surface area contributed by atoms with E-state index in [0.29, 0.717) is 0 Å². The first-order valence-corrected chi connectivity index (χ1v) is 4.40. The Labute approximate surface area is 81.5 Å². The summed E-state index contributed by atoms with van der Waals surface area (Å²) in [6, 6.07) is 3.24. The van der Waals surface area contributed by atoms with Crippen molar-refractivity contribution in [3.63, 3.8) is 0 Å². The van der Waals surface area contributed by atoms with Gasteiger partial charge in [0.25, 0.3) is 0 Å². The summed E-state index contributed by atoms with van der Waals surface area (Å²) in [5.74, 6) is -0.529. The number of fused-ring (bicyclic) bond motifs is 1. The molecule has 4 nitrogen and oxygen atoms in total. The van der Waals surface area contributed by atoms with E-state index in [9.17, 15) is 9.90 Å². The molecule has 0 saturated carbocycles. The van der Waals surface area contributed by atoms with Crippen molar-refractivity contribution in [1.82, 2.24) is 0 Å². The highest BCUT2D eigenvalue weighted by atomic mass is 16.5. The number of ether oxygens (including phenoxy) is 1. The quantitative estimate of drug-likeness (QED) is 0.519. The van der Waals surface area contributed by atoms with Gasteiger partial charge >= 0.3 is 5.97 Å². The molecule has 0 saturated heterocycles. The van der Waals surface area contributed by atoms with E-state index in [0.717, 1.165) is 24.2 Å². The number of phenolic OH excluding ortho intramolecular Hbond substituents is 1. The van der Waals surface area contributed by atoms with Crippen molar-refractivity contribution in [1.29, 1.82) is 0 Å². The molecule has 0 radical (unpaired) electrons. The minimum atomic E-state index is -0.515. The van der Waals surface area contributed by atoms with Gasteiger partial charge in [0.05, 0.1) is 7.11 Å². The Morgan fingerprint density at radius 3 is 3.07 bits per heavy atom. The molecule has 0 bridgehead atoms. The Bertz CT molecular complexity index is 387. The van der Waals surface area contributed by atoms with Crippen LogP contribution in [0.5, 0.6) is 5.75 Å². The van der Waals surface area contributed by atoms with Crippen LogP contribution >= 0.6 is 0 Å². The number of anilines is 1. The maximum Gasteiger partial charge on any atom is 0.341 e. The predicted molar refractivity (Wildman–Crippen MR) is 51.6 cm³/mol. The molecule has 1 heterocycles. The SMILES string of the molecule is COC(=O)c1cc2c(cc1O)CCN2. The van der Waals surface area contributed by atoms with Crippen molar-refractivity contribution in [2.24, 2.45) is 0 Å². The zero-order chi connectivity index (χ0) is 10.1. The molecule has 1 aromatic carbocycles. The van der Waals surface area contributed by atoms with E-state index in [1.165, 1.54) is 7.11 Å². The van der Waals surface area contributed by atoms with Gasteiger partial charge < -0.3 is 15.2 Å². The summed E-state index contributed by atoms with van der Waals surface area (Å²) in [7, 11) is 1.29. The number of carbonyl (C=O) groups excluding carboxylic acids is 1. The number of hydrogen-bond acceptors (Lipinski definition) is 4. The van der Waals surface area contributed by atoms with Gasteiger partial charge in [0.15, 0.2) is 0 Å². The molecule has 4 heteroatoms. The summed E-state index contributed by atoms with van der Waals surface area (Å²) < 4.78 is 4.55. The fourth-order valence-corrected chi connectivity index (χ4v) is 1.61. The molecule has 0 atom stereocenters. The zero-order valence-electron chi connectivity index (χ0n) is 7.83. The van der Waals surface area contributed by atoms with Gasteiger partial charge in [-0.05, 0) is 24.1 Å². The Morgan fingerprint density at radius 2 is 2.36 bits per heavy atom. The van der Waals surface area contributed by atoms with Crippen molar-refractivity contribution in [3.05, 3.63) is 23.3 Å². The Balaban J connectivity index is 2.47. The minimum absolute atomic E-state index is 0.0145. The molecule has 2 N–H and O–H groups in total. The first kappa shape index (κ1) is 8.87. The average Bonchev–Trinajstić information content (AvgIpc) is 2.62. The summed E-state index contributed by atoms with van der Waals surface area (Å²) >= 11 is 0. The molecule has 0 unspecified atom stereocenters. The highest BCUT2D eigenvalue weighted by Gasteiger charge is 2.18. The van der Waals surface area contributed by atoms with Gasteiger partial charge in [0.1, 0.15) is 11.3 Å². The van der Waals surface area contributed by atoms with Gasteiger partial charge in [0.2, 0.25) is 0 Å². The molecule has 0 fully saturated rings. The van der Waals surface area contributed by atoms with Gasteiger partial charge in [-0.15, -0.1) is 0 Å². The molecule has 74 valence electrons. The van der Waals surface area contributed by atoms with Crippen molar-refractivity contribution in [3.8, 4) is 5.75 Å². The minimum Gasteiger partial charge on any atom is -0.507 e. The monoisotopic (exact) mass is 193 g/mol. The molecule has 0 aromatic heterocycles. The van der Waals surface area contributed by atoms with E-state index in [-0.39, 0.29) is 11.3 Å². The number of nitrogens with one attached hydrogen (secondary N) is 1. The summed E-state index contributed by atoms with van der Waals surface area (Å²) in [6.07, 6.45) is 0.879. The van der Waals surface area contributed by atoms with E-state index in [2.05, 4.69) is 10.1 Å². The third kappa shape index (κ3) is 1.28. The van der Waals surface area contributed by atoms with Crippen LogP contribution in [-0.4, -0.2) is 24.7 Å². The van der Waals surface area contributed by atoms with Crippen LogP contribution in [0.3, 0.4) is 0 Å². The van der Waals surface area contributed by atoms with Gasteiger partial charge in [-0.25, -0.2) is 4.79 Å². The molecule has 2 rings (SSSR count). The second-order valence-corrected chi connectivity index (χ2v) is 3.19. The van der Waals surface area contributed by atoms with Gasteiger partial charge in [0, 0.05) is 12.2 Å². The van der Waals surface area contributed by atoms with Crippen LogP contribution in [0.4, 0.5) is 5.69 Å². The topological polar surface area (TPSA) is 58.6 Å². The lowest BCUT2D eigenvalue weighted by atomic mass is 10.1. The maximum absolute atomic E-state index is 11.2. The normalized spacial score (nSPS) is 13.2. The molecule has 14 heavy (non-hydrogen) atoms. The van der Waals surface area contributed by atoms with Crippen molar-refractivity contribution in [2.75, 3.05) is 19.0 Å². The van der Waals surface area contributed by atoms with Crippen LogP contribution in [-0.2, 0) is 11.2 Å². The number of benzene rings is 1. The Kier molecular flexibility index (Phi) is 2.04. The van der Waals surface area contributed by atoms with Crippen LogP contribution in [0.25, 0.3) is 0 Å². The molecular weight excluding hydrogens is 182 g/mol. The second kappa shape index (κ2) is 3.21. The lowest BCUT2D eigenvalue weighted by molar-refractivity contribution is 0.0597. The molecule has 0 spiro atoms. The largest absolute Gasteiger partial charge is 0.507 e. The summed E-state index contributed by atoms with van der Waals surface area (Å²) in [5, 5.41) is 12.7. The number of rotatable bonds is 1. The Morgan fingerprint density at radius 1 is 1.57 bits per heavy atom. The van der Waals surface area contributed by atoms with Crippen LogP contribution in [0.15, 0.2) is 12.1 Å². The number of carbonyl (C=O) groups is 1. The number of phenols is 1. The standard InChI is InChI=1S/C10H11NO3/c1-14-10(13)7-5-8-6(2-3-11-8)4-9(7)12/h4-5,11-12H,2-3H2,1H3. The lowest BCUT2D eigenvalue weighted by Gasteiger charge is -2.05. The summed E-state index contributed by atoms with van der Waals surface area (Å²) in [6.45, 7) is 0.847. The summed E-state index contributed by atoms with van der Waals surface area (Å²) in [5.41, 5.74) is 2.15. The van der Waals surface area contributed by atoms with Crippen LogP contribution in [0.2, 0.25) is 0 Å². The van der Waals surface area contributed by atoms with Gasteiger partial charge in [-0.3, -0.25) is 0 Å². The number of methoxy groups -OCH3 is 1. The first-order valence-electron chi connectivity index (χ1n) is 4.40. The Hall–Kier alpha value is -1.71. The summed E-state index contributed by atoms with van der Waals surface area (Å²) in [4.78, 5) is 11.2. The molecule has 1 aromatic rings. The molecule has 0 amide bonds. The van der Waals surface area contributed by atoms with E-state index in [1.807, 2.05) is 0 Å². The average molecular weight is 193 g/mol. The van der Waals surface area contributed by atoms with Crippen LogP contribution in [0, 0.1) is 0 Å². The smallest absolute Gasteiger partial charge is 0.341 e. The molecular formula is C10H11NO3. The highest BCUT2D eigenvalue weighted by Crippen LogP contribution is 2.30. The third-order valence-corrected chi connectivity index (χ3v) is 2.34. The number of hydrogen-bond donors (Lipinski definition) is 2. The predicted octanol–water partition coefficient (Wildman–Crippen LogP) is 1.15. The van der Waals surface area contributed by atoms with Gasteiger partial charge in [-0.2, -0.15) is 0 Å². The van der Waals surface area contributed by atoms with Gasteiger partial charge in [-0.1, -0.05) is 0 Å². The fourth-order valence-electron chi connectivity index (χ4n) is 1.61. The van der Waals surface area contributed by atoms with E-state index in [1.54, 1.807) is 12.1 Å². The van der Waals surface area contributed by atoms with Crippen molar-refractivity contribution < 1.29 is 14.6 Å². The molecule has 0 aliphatic carbocycles. The maximum atomic E-state index is 11.2. The first-order chi connectivity index (χ1) is 6.72. The fraction of sp³-hybridized carbons (Fsp3) is 0.300. The lowest BCUT2D eigenvalue weighted by Crippen LogP contribution is -2.02. The molecule has 1 aliphatic rings. The van der Waals surface area contributed by atoms with Crippen LogP contribution < -0.4 is 5.32 Å². The second-order valence-electron chi connectivity index (χ2n) is 3.19. The van der Waals surface area contributed by atoms with Crippen molar-refractivity contribution in [2.45, 2.75) is 6.42 Å².